The molecule has 1 N–H and O–H groups in total. The summed E-state index contributed by atoms with van der Waals surface area (Å²) in [6.07, 6.45) is 4.12. The van der Waals surface area contributed by atoms with E-state index < -0.39 is 5.60 Å². The van der Waals surface area contributed by atoms with Gasteiger partial charge in [0.05, 0.1) is 19.8 Å². The number of hydrogen-bond donors (Lipinski definition) is 1. The fourth-order valence-corrected chi connectivity index (χ4v) is 3.04. The average molecular weight is 279 g/mol. The van der Waals surface area contributed by atoms with Gasteiger partial charge >= 0.3 is 0 Å². The zero-order valence-corrected chi connectivity index (χ0v) is 12.7. The van der Waals surface area contributed by atoms with E-state index >= 15 is 0 Å². The summed E-state index contributed by atoms with van der Waals surface area (Å²) < 4.78 is 10.6. The number of likely N-dealkylation sites (N-methyl/N-ethyl adjacent to an activating group) is 1. The van der Waals surface area contributed by atoms with E-state index in [9.17, 15) is 5.11 Å². The highest BCUT2D eigenvalue weighted by atomic mass is 16.5. The highest BCUT2D eigenvalue weighted by Crippen LogP contribution is 2.31. The number of benzene rings is 1. The molecule has 0 unspecified atom stereocenters. The molecule has 1 aromatic carbocycles. The largest absolute Gasteiger partial charge is 0.493 e. The molecule has 1 aliphatic carbocycles. The number of rotatable bonds is 6. The Hall–Kier alpha value is -1.26. The van der Waals surface area contributed by atoms with Crippen LogP contribution in [0.25, 0.3) is 0 Å². The van der Waals surface area contributed by atoms with Crippen molar-refractivity contribution in [2.45, 2.75) is 37.8 Å². The van der Waals surface area contributed by atoms with Gasteiger partial charge in [-0.15, -0.1) is 0 Å². The fourth-order valence-electron chi connectivity index (χ4n) is 3.04. The molecule has 1 saturated carbocycles. The van der Waals surface area contributed by atoms with Crippen LogP contribution >= 0.6 is 0 Å². The minimum atomic E-state index is -0.495. The van der Waals surface area contributed by atoms with E-state index in [2.05, 4.69) is 4.90 Å². The van der Waals surface area contributed by atoms with E-state index in [0.717, 1.165) is 55.8 Å². The molecule has 0 atom stereocenters. The van der Waals surface area contributed by atoms with Gasteiger partial charge in [-0.2, -0.15) is 0 Å². The van der Waals surface area contributed by atoms with Gasteiger partial charge in [0.1, 0.15) is 0 Å². The third-order valence-corrected chi connectivity index (χ3v) is 4.00. The van der Waals surface area contributed by atoms with Crippen molar-refractivity contribution >= 4 is 0 Å². The monoisotopic (exact) mass is 279 g/mol. The minimum Gasteiger partial charge on any atom is -0.493 e. The van der Waals surface area contributed by atoms with Gasteiger partial charge in [0.15, 0.2) is 11.5 Å². The van der Waals surface area contributed by atoms with E-state index in [1.807, 2.05) is 25.2 Å². The van der Waals surface area contributed by atoms with Crippen LogP contribution in [0.3, 0.4) is 0 Å². The Balaban J connectivity index is 1.98. The first-order valence-corrected chi connectivity index (χ1v) is 7.18. The lowest BCUT2D eigenvalue weighted by Gasteiger charge is -2.28. The van der Waals surface area contributed by atoms with Gasteiger partial charge in [-0.3, -0.25) is 4.90 Å². The standard InChI is InChI=1S/C16H25NO3/c1-17(12-16(18)8-4-5-9-16)11-13-6-7-14(19-2)15(10-13)20-3/h6-7,10,18H,4-5,8-9,11-12H2,1-3H3. The summed E-state index contributed by atoms with van der Waals surface area (Å²) in [7, 11) is 5.33. The van der Waals surface area contributed by atoms with Crippen molar-refractivity contribution in [1.82, 2.24) is 4.90 Å². The molecule has 0 aromatic heterocycles. The fraction of sp³-hybridized carbons (Fsp3) is 0.625. The van der Waals surface area contributed by atoms with Crippen molar-refractivity contribution in [1.29, 1.82) is 0 Å². The molecule has 1 aromatic rings. The first-order chi connectivity index (χ1) is 9.56. The molecule has 112 valence electrons. The molecule has 4 heteroatoms. The maximum Gasteiger partial charge on any atom is 0.161 e. The van der Waals surface area contributed by atoms with Crippen LogP contribution in [0.2, 0.25) is 0 Å². The van der Waals surface area contributed by atoms with E-state index in [1.54, 1.807) is 14.2 Å². The van der Waals surface area contributed by atoms with Crippen molar-refractivity contribution in [3.63, 3.8) is 0 Å². The molecule has 20 heavy (non-hydrogen) atoms. The van der Waals surface area contributed by atoms with Gasteiger partial charge in [-0.25, -0.2) is 0 Å². The normalized spacial score (nSPS) is 17.4. The van der Waals surface area contributed by atoms with E-state index in [-0.39, 0.29) is 0 Å². The highest BCUT2D eigenvalue weighted by molar-refractivity contribution is 5.42. The smallest absolute Gasteiger partial charge is 0.161 e. The highest BCUT2D eigenvalue weighted by Gasteiger charge is 2.32. The second kappa shape index (κ2) is 6.46. The van der Waals surface area contributed by atoms with Crippen LogP contribution in [0.15, 0.2) is 18.2 Å². The lowest BCUT2D eigenvalue weighted by molar-refractivity contribution is 0.0145. The summed E-state index contributed by atoms with van der Waals surface area (Å²) in [5.41, 5.74) is 0.664. The summed E-state index contributed by atoms with van der Waals surface area (Å²) in [4.78, 5) is 2.17. The maximum atomic E-state index is 10.4. The molecule has 4 nitrogen and oxygen atoms in total. The van der Waals surface area contributed by atoms with Crippen molar-refractivity contribution < 1.29 is 14.6 Å². The van der Waals surface area contributed by atoms with Crippen LogP contribution in [0.5, 0.6) is 11.5 Å². The molecule has 0 saturated heterocycles. The summed E-state index contributed by atoms with van der Waals surface area (Å²) in [5, 5.41) is 10.4. The van der Waals surface area contributed by atoms with Crippen LogP contribution in [0.4, 0.5) is 0 Å². The molecule has 2 rings (SSSR count). The Bertz CT molecular complexity index is 441. The first-order valence-electron chi connectivity index (χ1n) is 7.18. The van der Waals surface area contributed by atoms with Crippen molar-refractivity contribution in [2.24, 2.45) is 0 Å². The Labute approximate surface area is 121 Å². The second-order valence-electron chi connectivity index (χ2n) is 5.79. The maximum absolute atomic E-state index is 10.4. The zero-order chi connectivity index (χ0) is 14.6. The number of nitrogens with zero attached hydrogens (tertiary/aromatic N) is 1. The predicted octanol–water partition coefficient (Wildman–Crippen LogP) is 2.44. The molecule has 0 radical (unpaired) electrons. The molecular weight excluding hydrogens is 254 g/mol. The van der Waals surface area contributed by atoms with Gasteiger partial charge < -0.3 is 14.6 Å². The number of aliphatic hydroxyl groups is 1. The third kappa shape index (κ3) is 3.64. The molecule has 0 spiro atoms. The summed E-state index contributed by atoms with van der Waals surface area (Å²) >= 11 is 0. The lowest BCUT2D eigenvalue weighted by Crippen LogP contribution is -2.38. The van der Waals surface area contributed by atoms with Crippen LogP contribution in [-0.2, 0) is 6.54 Å². The predicted molar refractivity (Wildman–Crippen MR) is 79.3 cm³/mol. The molecule has 1 aliphatic rings. The number of ether oxygens (including phenoxy) is 2. The second-order valence-corrected chi connectivity index (χ2v) is 5.79. The van der Waals surface area contributed by atoms with E-state index in [1.165, 1.54) is 0 Å². The molecule has 1 fully saturated rings. The number of hydrogen-bond acceptors (Lipinski definition) is 4. The number of methoxy groups -OCH3 is 2. The Kier molecular flexibility index (Phi) is 4.89. The Morgan fingerprint density at radius 2 is 1.80 bits per heavy atom. The average Bonchev–Trinajstić information content (AvgIpc) is 2.84. The summed E-state index contributed by atoms with van der Waals surface area (Å²) in [6, 6.07) is 5.96. The molecule has 0 heterocycles. The topological polar surface area (TPSA) is 41.9 Å². The van der Waals surface area contributed by atoms with Crippen molar-refractivity contribution in [3.05, 3.63) is 23.8 Å². The Morgan fingerprint density at radius 3 is 2.40 bits per heavy atom. The van der Waals surface area contributed by atoms with Gasteiger partial charge in [-0.05, 0) is 37.6 Å². The zero-order valence-electron chi connectivity index (χ0n) is 12.7. The van der Waals surface area contributed by atoms with Crippen LogP contribution in [0, 0.1) is 0 Å². The quantitative estimate of drug-likeness (QED) is 0.868. The minimum absolute atomic E-state index is 0.495. The molecule has 0 amide bonds. The SMILES string of the molecule is COc1ccc(CN(C)CC2(O)CCCC2)cc1OC. The van der Waals surface area contributed by atoms with Crippen molar-refractivity contribution in [2.75, 3.05) is 27.8 Å². The third-order valence-electron chi connectivity index (χ3n) is 4.00. The lowest BCUT2D eigenvalue weighted by atomic mass is 10.0. The summed E-state index contributed by atoms with van der Waals surface area (Å²) in [5.74, 6) is 1.49. The molecule has 0 bridgehead atoms. The van der Waals surface area contributed by atoms with Gasteiger partial charge in [0.25, 0.3) is 0 Å². The van der Waals surface area contributed by atoms with Crippen molar-refractivity contribution in [3.8, 4) is 11.5 Å². The molecular formula is C16H25NO3. The van der Waals surface area contributed by atoms with Crippen LogP contribution < -0.4 is 9.47 Å². The first kappa shape index (κ1) is 15.1. The van der Waals surface area contributed by atoms with Gasteiger partial charge in [-0.1, -0.05) is 18.9 Å². The van der Waals surface area contributed by atoms with Crippen LogP contribution in [0.1, 0.15) is 31.2 Å². The van der Waals surface area contributed by atoms with Gasteiger partial charge in [0.2, 0.25) is 0 Å². The van der Waals surface area contributed by atoms with E-state index in [4.69, 9.17) is 9.47 Å². The summed E-state index contributed by atoms with van der Waals surface area (Å²) in [6.45, 7) is 1.52. The molecule has 0 aliphatic heterocycles. The van der Waals surface area contributed by atoms with Gasteiger partial charge in [0, 0.05) is 13.1 Å². The van der Waals surface area contributed by atoms with Crippen LogP contribution in [-0.4, -0.2) is 43.4 Å². The van der Waals surface area contributed by atoms with E-state index in [0.29, 0.717) is 0 Å². The Morgan fingerprint density at radius 1 is 1.15 bits per heavy atom.